The highest BCUT2D eigenvalue weighted by Gasteiger charge is 2.34. The molecule has 0 fully saturated rings. The summed E-state index contributed by atoms with van der Waals surface area (Å²) in [4.78, 5) is 39.0. The standard InChI is InChI=1S/C26H26N4O3/c1-17-16-27-30(22-13-6-9-18-8-2-3-10-19(18)22)24(17)28-23(31)14-7-15-29-25(32)20-11-4-5-12-21(20)26(29)33/h2-5,8,10-12,16,22H,6-7,9,13-15H2,1H3,(H,28,31). The van der Waals surface area contributed by atoms with Crippen molar-refractivity contribution in [3.8, 4) is 0 Å². The van der Waals surface area contributed by atoms with Crippen molar-refractivity contribution in [3.05, 3.63) is 82.5 Å². The van der Waals surface area contributed by atoms with E-state index in [0.717, 1.165) is 24.8 Å². The molecule has 1 N–H and O–H groups in total. The van der Waals surface area contributed by atoms with Gasteiger partial charge in [-0.15, -0.1) is 0 Å². The average Bonchev–Trinajstić information content (AvgIpc) is 3.31. The van der Waals surface area contributed by atoms with Gasteiger partial charge in [0.1, 0.15) is 5.82 Å². The summed E-state index contributed by atoms with van der Waals surface area (Å²) in [6, 6.07) is 15.3. The maximum absolute atomic E-state index is 12.8. The Hall–Kier alpha value is -3.74. The Morgan fingerprint density at radius 3 is 2.52 bits per heavy atom. The number of carbonyl (C=O) groups is 3. The van der Waals surface area contributed by atoms with Gasteiger partial charge >= 0.3 is 0 Å². The van der Waals surface area contributed by atoms with Gasteiger partial charge in [-0.2, -0.15) is 5.10 Å². The smallest absolute Gasteiger partial charge is 0.261 e. The van der Waals surface area contributed by atoms with Gasteiger partial charge < -0.3 is 5.32 Å². The topological polar surface area (TPSA) is 84.3 Å². The van der Waals surface area contributed by atoms with Gasteiger partial charge in [0.2, 0.25) is 5.91 Å². The molecule has 0 saturated heterocycles. The van der Waals surface area contributed by atoms with Gasteiger partial charge in [0.15, 0.2) is 0 Å². The third-order valence-electron chi connectivity index (χ3n) is 6.53. The number of anilines is 1. The number of hydrogen-bond acceptors (Lipinski definition) is 4. The summed E-state index contributed by atoms with van der Waals surface area (Å²) in [5.74, 6) is -0.0234. The van der Waals surface area contributed by atoms with Crippen LogP contribution in [0.1, 0.15) is 69.1 Å². The number of benzene rings is 2. The fourth-order valence-electron chi connectivity index (χ4n) is 4.86. The van der Waals surface area contributed by atoms with Crippen LogP contribution in [-0.4, -0.2) is 38.9 Å². The minimum absolute atomic E-state index is 0.0947. The van der Waals surface area contributed by atoms with Crippen LogP contribution in [-0.2, 0) is 11.2 Å². The van der Waals surface area contributed by atoms with E-state index in [1.54, 1.807) is 30.5 Å². The van der Waals surface area contributed by atoms with Crippen molar-refractivity contribution in [1.29, 1.82) is 0 Å². The van der Waals surface area contributed by atoms with Crippen LogP contribution in [0.5, 0.6) is 0 Å². The lowest BCUT2D eigenvalue weighted by Gasteiger charge is -2.27. The van der Waals surface area contributed by atoms with Gasteiger partial charge in [-0.05, 0) is 55.9 Å². The number of hydrogen-bond donors (Lipinski definition) is 1. The Morgan fingerprint density at radius 1 is 1.06 bits per heavy atom. The molecule has 0 radical (unpaired) electrons. The molecule has 5 rings (SSSR count). The first kappa shape index (κ1) is 21.1. The number of aromatic nitrogens is 2. The van der Waals surface area contributed by atoms with Crippen molar-refractivity contribution in [2.75, 3.05) is 11.9 Å². The predicted octanol–water partition coefficient (Wildman–Crippen LogP) is 4.13. The number of nitrogens with one attached hydrogen (secondary N) is 1. The molecule has 1 atom stereocenters. The Bertz CT molecular complexity index is 1210. The van der Waals surface area contributed by atoms with E-state index in [1.165, 1.54) is 16.0 Å². The summed E-state index contributed by atoms with van der Waals surface area (Å²) in [6.45, 7) is 2.15. The third kappa shape index (κ3) is 3.84. The molecule has 33 heavy (non-hydrogen) atoms. The Morgan fingerprint density at radius 2 is 1.76 bits per heavy atom. The van der Waals surface area contributed by atoms with Crippen LogP contribution >= 0.6 is 0 Å². The maximum atomic E-state index is 12.8. The van der Waals surface area contributed by atoms with Gasteiger partial charge in [0, 0.05) is 18.5 Å². The predicted molar refractivity (Wildman–Crippen MR) is 124 cm³/mol. The minimum Gasteiger partial charge on any atom is -0.311 e. The summed E-state index contributed by atoms with van der Waals surface area (Å²) in [5.41, 5.74) is 4.36. The second-order valence-corrected chi connectivity index (χ2v) is 8.69. The number of aryl methyl sites for hydroxylation is 2. The maximum Gasteiger partial charge on any atom is 0.261 e. The number of fused-ring (bicyclic) bond motifs is 2. The van der Waals surface area contributed by atoms with Gasteiger partial charge in [0.25, 0.3) is 11.8 Å². The molecule has 3 aromatic rings. The zero-order chi connectivity index (χ0) is 22.9. The van der Waals surface area contributed by atoms with Crippen LogP contribution < -0.4 is 5.32 Å². The summed E-state index contributed by atoms with van der Waals surface area (Å²) < 4.78 is 1.93. The van der Waals surface area contributed by atoms with Crippen LogP contribution in [0.25, 0.3) is 0 Å². The highest BCUT2D eigenvalue weighted by molar-refractivity contribution is 6.21. The highest BCUT2D eigenvalue weighted by atomic mass is 16.2. The number of imide groups is 1. The molecule has 0 spiro atoms. The Balaban J connectivity index is 1.24. The molecule has 2 heterocycles. The van der Waals surface area contributed by atoms with Crippen molar-refractivity contribution in [1.82, 2.24) is 14.7 Å². The lowest BCUT2D eigenvalue weighted by atomic mass is 9.88. The fourth-order valence-corrected chi connectivity index (χ4v) is 4.86. The first-order valence-electron chi connectivity index (χ1n) is 11.4. The van der Waals surface area contributed by atoms with E-state index >= 15 is 0 Å². The van der Waals surface area contributed by atoms with Crippen molar-refractivity contribution in [3.63, 3.8) is 0 Å². The van der Waals surface area contributed by atoms with Gasteiger partial charge in [0.05, 0.1) is 23.4 Å². The number of amides is 3. The molecule has 1 unspecified atom stereocenters. The van der Waals surface area contributed by atoms with Crippen molar-refractivity contribution in [2.24, 2.45) is 0 Å². The molecule has 2 aromatic carbocycles. The number of carbonyl (C=O) groups excluding carboxylic acids is 3. The lowest BCUT2D eigenvalue weighted by molar-refractivity contribution is -0.116. The van der Waals surface area contributed by atoms with E-state index in [0.29, 0.717) is 23.4 Å². The van der Waals surface area contributed by atoms with Crippen molar-refractivity contribution < 1.29 is 14.4 Å². The first-order chi connectivity index (χ1) is 16.0. The molecule has 168 valence electrons. The molecule has 0 bridgehead atoms. The fraction of sp³-hybridized carbons (Fsp3) is 0.308. The van der Waals surface area contributed by atoms with Gasteiger partial charge in [-0.1, -0.05) is 36.4 Å². The van der Waals surface area contributed by atoms with E-state index in [2.05, 4.69) is 28.6 Å². The van der Waals surface area contributed by atoms with Gasteiger partial charge in [-0.3, -0.25) is 19.3 Å². The molecule has 7 heteroatoms. The SMILES string of the molecule is Cc1cnn(C2CCCc3ccccc32)c1NC(=O)CCCN1C(=O)c2ccccc2C1=O. The number of rotatable bonds is 6. The van der Waals surface area contributed by atoms with Crippen molar-refractivity contribution in [2.45, 2.75) is 45.1 Å². The average molecular weight is 443 g/mol. The van der Waals surface area contributed by atoms with Crippen LogP contribution in [0.4, 0.5) is 5.82 Å². The molecule has 0 saturated carbocycles. The quantitative estimate of drug-likeness (QED) is 0.582. The van der Waals surface area contributed by atoms with Crippen LogP contribution in [0.2, 0.25) is 0 Å². The van der Waals surface area contributed by atoms with E-state index in [1.807, 2.05) is 17.7 Å². The molecule has 7 nitrogen and oxygen atoms in total. The minimum atomic E-state index is -0.291. The molecule has 1 aromatic heterocycles. The van der Waals surface area contributed by atoms with Crippen molar-refractivity contribution >= 4 is 23.5 Å². The summed E-state index contributed by atoms with van der Waals surface area (Å²) in [6.07, 6.45) is 5.50. The third-order valence-corrected chi connectivity index (χ3v) is 6.53. The second-order valence-electron chi connectivity index (χ2n) is 8.69. The zero-order valence-electron chi connectivity index (χ0n) is 18.6. The summed E-state index contributed by atoms with van der Waals surface area (Å²) in [7, 11) is 0. The largest absolute Gasteiger partial charge is 0.311 e. The zero-order valence-corrected chi connectivity index (χ0v) is 18.6. The monoisotopic (exact) mass is 442 g/mol. The first-order valence-corrected chi connectivity index (χ1v) is 11.4. The van der Waals surface area contributed by atoms with Gasteiger partial charge in [-0.25, -0.2) is 4.68 Å². The van der Waals surface area contributed by atoms with E-state index in [9.17, 15) is 14.4 Å². The Kier molecular flexibility index (Phi) is 5.54. The molecular weight excluding hydrogens is 416 g/mol. The second kappa shape index (κ2) is 8.65. The normalized spacial score (nSPS) is 17.1. The van der Waals surface area contributed by atoms with Crippen LogP contribution in [0, 0.1) is 6.92 Å². The Labute approximate surface area is 192 Å². The molecule has 1 aliphatic heterocycles. The van der Waals surface area contributed by atoms with Crippen LogP contribution in [0.3, 0.4) is 0 Å². The molecule has 2 aliphatic rings. The molecule has 1 aliphatic carbocycles. The van der Waals surface area contributed by atoms with Crippen LogP contribution in [0.15, 0.2) is 54.7 Å². The molecule has 3 amide bonds. The molecular formula is C26H26N4O3. The summed E-state index contributed by atoms with van der Waals surface area (Å²) >= 11 is 0. The van der Waals surface area contributed by atoms with E-state index in [-0.39, 0.29) is 36.7 Å². The highest BCUT2D eigenvalue weighted by Crippen LogP contribution is 2.35. The van der Waals surface area contributed by atoms with E-state index < -0.39 is 0 Å². The lowest BCUT2D eigenvalue weighted by Crippen LogP contribution is -2.31. The summed E-state index contributed by atoms with van der Waals surface area (Å²) in [5, 5.41) is 7.61. The van der Waals surface area contributed by atoms with E-state index in [4.69, 9.17) is 0 Å². The number of nitrogens with zero attached hydrogens (tertiary/aromatic N) is 3.